The molecule has 2 aromatic heterocycles. The fraction of sp³-hybridized carbons (Fsp3) is 0.353. The van der Waals surface area contributed by atoms with Crippen LogP contribution in [0, 0.1) is 5.82 Å². The van der Waals surface area contributed by atoms with Crippen molar-refractivity contribution in [1.29, 1.82) is 0 Å². The Hall–Kier alpha value is -2.54. The number of benzene rings is 1. The van der Waals surface area contributed by atoms with E-state index in [4.69, 9.17) is 4.74 Å². The number of nitrogens with zero attached hydrogens (tertiary/aromatic N) is 4. The maximum atomic E-state index is 13.7. The van der Waals surface area contributed by atoms with Gasteiger partial charge in [0.25, 0.3) is 5.78 Å². The minimum atomic E-state index is -0.205. The van der Waals surface area contributed by atoms with Crippen LogP contribution >= 0.6 is 0 Å². The van der Waals surface area contributed by atoms with E-state index in [-0.39, 0.29) is 11.9 Å². The smallest absolute Gasteiger partial charge is 0.254 e. The van der Waals surface area contributed by atoms with E-state index in [0.717, 1.165) is 36.3 Å². The molecular formula is C17H18FN5O. The Bertz CT molecular complexity index is 879. The molecule has 6 nitrogen and oxygen atoms in total. The number of fused-ring (bicyclic) bond motifs is 2. The van der Waals surface area contributed by atoms with Crippen LogP contribution in [0.2, 0.25) is 0 Å². The highest BCUT2D eigenvalue weighted by Gasteiger charge is 2.22. The summed E-state index contributed by atoms with van der Waals surface area (Å²) in [5, 5.41) is 7.72. The van der Waals surface area contributed by atoms with Gasteiger partial charge in [0.15, 0.2) is 0 Å². The summed E-state index contributed by atoms with van der Waals surface area (Å²) in [6.07, 6.45) is 4.46. The molecule has 1 aromatic carbocycles. The Labute approximate surface area is 138 Å². The zero-order valence-corrected chi connectivity index (χ0v) is 13.4. The number of hydrogen-bond acceptors (Lipinski definition) is 5. The van der Waals surface area contributed by atoms with Gasteiger partial charge in [0.1, 0.15) is 18.0 Å². The van der Waals surface area contributed by atoms with E-state index in [1.165, 1.54) is 18.0 Å². The first-order chi connectivity index (χ1) is 11.7. The van der Waals surface area contributed by atoms with Crippen molar-refractivity contribution in [3.8, 4) is 0 Å². The van der Waals surface area contributed by atoms with Crippen molar-refractivity contribution in [1.82, 2.24) is 19.6 Å². The Balaban J connectivity index is 1.72. The summed E-state index contributed by atoms with van der Waals surface area (Å²) in [5.41, 5.74) is 2.98. The average molecular weight is 327 g/mol. The fourth-order valence-corrected chi connectivity index (χ4v) is 3.28. The average Bonchev–Trinajstić information content (AvgIpc) is 3.04. The van der Waals surface area contributed by atoms with Gasteiger partial charge in [-0.15, -0.1) is 0 Å². The summed E-state index contributed by atoms with van der Waals surface area (Å²) in [4.78, 5) is 8.56. The molecule has 0 saturated heterocycles. The number of hydrogen-bond donors (Lipinski definition) is 1. The van der Waals surface area contributed by atoms with Crippen LogP contribution in [0.4, 0.5) is 10.2 Å². The van der Waals surface area contributed by atoms with Gasteiger partial charge < -0.3 is 10.1 Å². The molecule has 0 saturated carbocycles. The standard InChI is InChI=1S/C17H18FN5O/c1-24-9-13-8-16(23-17(21-13)19-10-20-23)22-15-4-2-3-11-5-6-12(18)7-14(11)15/h5-8,10,15,22H,2-4,9H2,1H3. The van der Waals surface area contributed by atoms with Gasteiger partial charge >= 0.3 is 0 Å². The quantitative estimate of drug-likeness (QED) is 0.798. The van der Waals surface area contributed by atoms with Crippen LogP contribution < -0.4 is 5.32 Å². The third kappa shape index (κ3) is 2.71. The molecule has 0 aliphatic heterocycles. The lowest BCUT2D eigenvalue weighted by Crippen LogP contribution is -2.19. The topological polar surface area (TPSA) is 64.3 Å². The molecule has 0 bridgehead atoms. The number of nitrogens with one attached hydrogen (secondary N) is 1. The van der Waals surface area contributed by atoms with E-state index in [9.17, 15) is 4.39 Å². The van der Waals surface area contributed by atoms with Gasteiger partial charge in [-0.25, -0.2) is 9.37 Å². The second-order valence-corrected chi connectivity index (χ2v) is 5.97. The van der Waals surface area contributed by atoms with Gasteiger partial charge in [0.2, 0.25) is 0 Å². The van der Waals surface area contributed by atoms with E-state index >= 15 is 0 Å². The van der Waals surface area contributed by atoms with Crippen LogP contribution in [0.1, 0.15) is 35.7 Å². The Morgan fingerprint density at radius 2 is 2.29 bits per heavy atom. The lowest BCUT2D eigenvalue weighted by molar-refractivity contribution is 0.181. The second kappa shape index (κ2) is 6.16. The number of anilines is 1. The molecule has 1 unspecified atom stereocenters. The number of aromatic nitrogens is 4. The summed E-state index contributed by atoms with van der Waals surface area (Å²) in [7, 11) is 1.63. The predicted molar refractivity (Wildman–Crippen MR) is 87.2 cm³/mol. The van der Waals surface area contributed by atoms with Gasteiger partial charge in [-0.1, -0.05) is 6.07 Å². The zero-order chi connectivity index (χ0) is 16.5. The lowest BCUT2D eigenvalue weighted by atomic mass is 9.87. The van der Waals surface area contributed by atoms with Crippen LogP contribution in [-0.2, 0) is 17.8 Å². The number of methoxy groups -OCH3 is 1. The van der Waals surface area contributed by atoms with Crippen LogP contribution in [0.5, 0.6) is 0 Å². The molecule has 124 valence electrons. The second-order valence-electron chi connectivity index (χ2n) is 5.97. The molecule has 2 heterocycles. The maximum absolute atomic E-state index is 13.7. The van der Waals surface area contributed by atoms with Crippen molar-refractivity contribution >= 4 is 11.6 Å². The maximum Gasteiger partial charge on any atom is 0.254 e. The SMILES string of the molecule is COCc1cc(NC2CCCc3ccc(F)cc32)n2ncnc2n1. The summed E-state index contributed by atoms with van der Waals surface area (Å²) >= 11 is 0. The first kappa shape index (κ1) is 15.0. The molecule has 1 N–H and O–H groups in total. The lowest BCUT2D eigenvalue weighted by Gasteiger charge is -2.27. The minimum Gasteiger partial charge on any atom is -0.378 e. The molecule has 0 radical (unpaired) electrons. The monoisotopic (exact) mass is 327 g/mol. The van der Waals surface area contributed by atoms with Crippen molar-refractivity contribution in [2.75, 3.05) is 12.4 Å². The highest BCUT2D eigenvalue weighted by Crippen LogP contribution is 2.33. The van der Waals surface area contributed by atoms with Crippen LogP contribution in [0.3, 0.4) is 0 Å². The molecular weight excluding hydrogens is 309 g/mol. The molecule has 1 aliphatic rings. The predicted octanol–water partition coefficient (Wildman–Crippen LogP) is 2.90. The number of rotatable bonds is 4. The molecule has 0 amide bonds. The minimum absolute atomic E-state index is 0.0367. The van der Waals surface area contributed by atoms with Crippen LogP contribution in [0.15, 0.2) is 30.6 Å². The third-order valence-corrected chi connectivity index (χ3v) is 4.34. The highest BCUT2D eigenvalue weighted by molar-refractivity contribution is 5.48. The normalized spacial score (nSPS) is 17.0. The molecule has 3 aromatic rings. The van der Waals surface area contributed by atoms with Crippen molar-refractivity contribution < 1.29 is 9.13 Å². The van der Waals surface area contributed by atoms with Crippen molar-refractivity contribution in [2.24, 2.45) is 0 Å². The van der Waals surface area contributed by atoms with Crippen molar-refractivity contribution in [3.63, 3.8) is 0 Å². The highest BCUT2D eigenvalue weighted by atomic mass is 19.1. The molecule has 0 fully saturated rings. The molecule has 0 spiro atoms. The molecule has 1 aliphatic carbocycles. The van der Waals surface area contributed by atoms with Crippen LogP contribution in [-0.4, -0.2) is 26.7 Å². The first-order valence-corrected chi connectivity index (χ1v) is 7.98. The Morgan fingerprint density at radius 3 is 3.17 bits per heavy atom. The van der Waals surface area contributed by atoms with E-state index < -0.39 is 0 Å². The van der Waals surface area contributed by atoms with Crippen molar-refractivity contribution in [2.45, 2.75) is 31.9 Å². The largest absolute Gasteiger partial charge is 0.378 e. The van der Waals surface area contributed by atoms with E-state index in [1.807, 2.05) is 12.1 Å². The first-order valence-electron chi connectivity index (χ1n) is 7.98. The number of aryl methyl sites for hydroxylation is 1. The molecule has 24 heavy (non-hydrogen) atoms. The zero-order valence-electron chi connectivity index (χ0n) is 13.4. The van der Waals surface area contributed by atoms with Gasteiger partial charge in [-0.3, -0.25) is 0 Å². The number of halogens is 1. The third-order valence-electron chi connectivity index (χ3n) is 4.34. The van der Waals surface area contributed by atoms with Gasteiger partial charge in [-0.05, 0) is 42.5 Å². The number of ether oxygens (including phenoxy) is 1. The fourth-order valence-electron chi connectivity index (χ4n) is 3.28. The van der Waals surface area contributed by atoms with Crippen LogP contribution in [0.25, 0.3) is 5.78 Å². The summed E-state index contributed by atoms with van der Waals surface area (Å²) in [6.45, 7) is 0.397. The summed E-state index contributed by atoms with van der Waals surface area (Å²) in [6, 6.07) is 6.97. The Kier molecular flexibility index (Phi) is 3.86. The van der Waals surface area contributed by atoms with Crippen molar-refractivity contribution in [3.05, 3.63) is 53.2 Å². The van der Waals surface area contributed by atoms with E-state index in [0.29, 0.717) is 12.4 Å². The molecule has 1 atom stereocenters. The summed E-state index contributed by atoms with van der Waals surface area (Å²) in [5.74, 6) is 1.09. The van der Waals surface area contributed by atoms with E-state index in [2.05, 4.69) is 20.4 Å². The van der Waals surface area contributed by atoms with E-state index in [1.54, 1.807) is 17.7 Å². The van der Waals surface area contributed by atoms with Gasteiger partial charge in [0.05, 0.1) is 18.3 Å². The summed E-state index contributed by atoms with van der Waals surface area (Å²) < 4.78 is 20.5. The van der Waals surface area contributed by atoms with Gasteiger partial charge in [0, 0.05) is 13.2 Å². The molecule has 7 heteroatoms. The Morgan fingerprint density at radius 1 is 1.38 bits per heavy atom. The molecule has 4 rings (SSSR count). The van der Waals surface area contributed by atoms with Gasteiger partial charge in [-0.2, -0.15) is 14.6 Å².